The monoisotopic (exact) mass is 433 g/mol. The highest BCUT2D eigenvalue weighted by atomic mass is 16.6. The maximum absolute atomic E-state index is 13.2. The van der Waals surface area contributed by atoms with E-state index in [1.165, 1.54) is 0 Å². The Bertz CT molecular complexity index is 756. The fourth-order valence-electron chi connectivity index (χ4n) is 3.19. The summed E-state index contributed by atoms with van der Waals surface area (Å²) in [6.07, 6.45) is 1.86. The van der Waals surface area contributed by atoms with Crippen LogP contribution in [0.3, 0.4) is 0 Å². The van der Waals surface area contributed by atoms with Crippen LogP contribution in [0.2, 0.25) is 0 Å². The van der Waals surface area contributed by atoms with Gasteiger partial charge >= 0.3 is 6.09 Å². The number of unbranched alkanes of at least 4 members (excludes halogenated alkanes) is 1. The predicted molar refractivity (Wildman–Crippen MR) is 123 cm³/mol. The van der Waals surface area contributed by atoms with Crippen LogP contribution in [0.25, 0.3) is 0 Å². The molecule has 0 aliphatic rings. The van der Waals surface area contributed by atoms with E-state index in [1.54, 1.807) is 25.7 Å². The quantitative estimate of drug-likeness (QED) is 0.546. The Morgan fingerprint density at radius 3 is 2.32 bits per heavy atom. The second-order valence-electron chi connectivity index (χ2n) is 8.85. The number of hydrogen-bond acceptors (Lipinski definition) is 4. The summed E-state index contributed by atoms with van der Waals surface area (Å²) < 4.78 is 5.22. The van der Waals surface area contributed by atoms with E-state index in [1.807, 2.05) is 39.0 Å². The molecule has 1 aromatic rings. The highest BCUT2D eigenvalue weighted by molar-refractivity contribution is 5.90. The zero-order chi connectivity index (χ0) is 23.6. The lowest BCUT2D eigenvalue weighted by Crippen LogP contribution is -2.48. The average Bonchev–Trinajstić information content (AvgIpc) is 2.67. The third kappa shape index (κ3) is 8.99. The third-order valence-corrected chi connectivity index (χ3v) is 4.69. The molecule has 0 spiro atoms. The number of nitrogens with one attached hydrogen (secondary N) is 2. The summed E-state index contributed by atoms with van der Waals surface area (Å²) in [7, 11) is 0. The standard InChI is InChI=1S/C24H39N3O4/c1-8-10-13-25-22(29)21(19-15-17(3)11-12-18(19)4)27(14-9-2)20(28)16-26-23(30)31-24(5,6)7/h11-12,15,21H,8-10,13-14,16H2,1-7H3,(H,25,29)(H,26,30). The van der Waals surface area contributed by atoms with Gasteiger partial charge in [0.2, 0.25) is 11.8 Å². The molecule has 0 aliphatic heterocycles. The van der Waals surface area contributed by atoms with Crippen molar-refractivity contribution in [2.75, 3.05) is 19.6 Å². The van der Waals surface area contributed by atoms with Gasteiger partial charge in [-0.15, -0.1) is 0 Å². The summed E-state index contributed by atoms with van der Waals surface area (Å²) in [5.74, 6) is -0.537. The van der Waals surface area contributed by atoms with E-state index in [9.17, 15) is 14.4 Å². The molecule has 0 aromatic heterocycles. The molecule has 7 nitrogen and oxygen atoms in total. The molecule has 0 saturated heterocycles. The number of nitrogens with zero attached hydrogens (tertiary/aromatic N) is 1. The lowest BCUT2D eigenvalue weighted by Gasteiger charge is -2.32. The Kier molecular flexibility index (Phi) is 10.5. The molecule has 0 fully saturated rings. The zero-order valence-corrected chi connectivity index (χ0v) is 20.1. The molecular weight excluding hydrogens is 394 g/mol. The zero-order valence-electron chi connectivity index (χ0n) is 20.1. The van der Waals surface area contributed by atoms with Crippen LogP contribution in [0.5, 0.6) is 0 Å². The maximum atomic E-state index is 13.2. The van der Waals surface area contributed by atoms with Gasteiger partial charge in [-0.25, -0.2) is 4.79 Å². The Hall–Kier alpha value is -2.57. The van der Waals surface area contributed by atoms with Gasteiger partial charge in [-0.3, -0.25) is 9.59 Å². The SMILES string of the molecule is CCCCNC(=O)C(c1cc(C)ccc1C)N(CCC)C(=O)CNC(=O)OC(C)(C)C. The minimum atomic E-state index is -0.760. The van der Waals surface area contributed by atoms with Crippen LogP contribution < -0.4 is 10.6 Å². The number of amides is 3. The highest BCUT2D eigenvalue weighted by Gasteiger charge is 2.32. The molecule has 31 heavy (non-hydrogen) atoms. The van der Waals surface area contributed by atoms with E-state index < -0.39 is 17.7 Å². The maximum Gasteiger partial charge on any atom is 0.408 e. The molecule has 1 aromatic carbocycles. The number of hydrogen-bond donors (Lipinski definition) is 2. The molecule has 2 N–H and O–H groups in total. The van der Waals surface area contributed by atoms with Crippen LogP contribution in [-0.4, -0.2) is 48.0 Å². The van der Waals surface area contributed by atoms with Crippen molar-refractivity contribution in [3.05, 3.63) is 34.9 Å². The van der Waals surface area contributed by atoms with Gasteiger partial charge in [-0.1, -0.05) is 44.0 Å². The summed E-state index contributed by atoms with van der Waals surface area (Å²) in [6, 6.07) is 5.15. The molecule has 1 rings (SSSR count). The van der Waals surface area contributed by atoms with Crippen LogP contribution in [0.15, 0.2) is 18.2 Å². The minimum absolute atomic E-state index is 0.207. The van der Waals surface area contributed by atoms with E-state index in [0.29, 0.717) is 19.5 Å². The van der Waals surface area contributed by atoms with Crippen LogP contribution in [0, 0.1) is 13.8 Å². The summed E-state index contributed by atoms with van der Waals surface area (Å²) in [5, 5.41) is 5.49. The predicted octanol–water partition coefficient (Wildman–Crippen LogP) is 4.02. The molecule has 3 amide bonds. The Morgan fingerprint density at radius 2 is 1.74 bits per heavy atom. The van der Waals surface area contributed by atoms with Gasteiger partial charge in [0, 0.05) is 13.1 Å². The van der Waals surface area contributed by atoms with Crippen LogP contribution >= 0.6 is 0 Å². The van der Waals surface area contributed by atoms with E-state index in [4.69, 9.17) is 4.74 Å². The molecule has 1 unspecified atom stereocenters. The summed E-state index contributed by atoms with van der Waals surface area (Å²) >= 11 is 0. The van der Waals surface area contributed by atoms with Crippen molar-refractivity contribution < 1.29 is 19.1 Å². The van der Waals surface area contributed by atoms with E-state index >= 15 is 0 Å². The Morgan fingerprint density at radius 1 is 1.06 bits per heavy atom. The van der Waals surface area contributed by atoms with Crippen molar-refractivity contribution >= 4 is 17.9 Å². The average molecular weight is 434 g/mol. The smallest absolute Gasteiger partial charge is 0.408 e. The lowest BCUT2D eigenvalue weighted by atomic mass is 9.96. The number of carbonyl (C=O) groups excluding carboxylic acids is 3. The summed E-state index contributed by atoms with van der Waals surface area (Å²) in [5.41, 5.74) is 2.10. The largest absolute Gasteiger partial charge is 0.444 e. The fraction of sp³-hybridized carbons (Fsp3) is 0.625. The van der Waals surface area contributed by atoms with Crippen LogP contribution in [0.1, 0.15) is 76.6 Å². The first-order chi connectivity index (χ1) is 14.5. The molecule has 0 bridgehead atoms. The normalized spacial score (nSPS) is 12.1. The third-order valence-electron chi connectivity index (χ3n) is 4.69. The van der Waals surface area contributed by atoms with Crippen LogP contribution in [0.4, 0.5) is 4.79 Å². The van der Waals surface area contributed by atoms with E-state index in [-0.39, 0.29) is 18.4 Å². The van der Waals surface area contributed by atoms with Crippen molar-refractivity contribution in [2.45, 2.75) is 79.4 Å². The van der Waals surface area contributed by atoms with Gasteiger partial charge in [0.05, 0.1) is 0 Å². The number of ether oxygens (including phenoxy) is 1. The van der Waals surface area contributed by atoms with Crippen molar-refractivity contribution in [3.8, 4) is 0 Å². The molecule has 174 valence electrons. The lowest BCUT2D eigenvalue weighted by molar-refractivity contribution is -0.140. The Balaban J connectivity index is 3.16. The number of rotatable bonds is 10. The van der Waals surface area contributed by atoms with Crippen LogP contribution in [-0.2, 0) is 14.3 Å². The second-order valence-corrected chi connectivity index (χ2v) is 8.85. The van der Waals surface area contributed by atoms with Crippen molar-refractivity contribution in [1.82, 2.24) is 15.5 Å². The minimum Gasteiger partial charge on any atom is -0.444 e. The summed E-state index contributed by atoms with van der Waals surface area (Å²) in [6.45, 7) is 13.9. The second kappa shape index (κ2) is 12.3. The van der Waals surface area contributed by atoms with Gasteiger partial charge in [0.1, 0.15) is 18.2 Å². The first-order valence-electron chi connectivity index (χ1n) is 11.1. The van der Waals surface area contributed by atoms with Crippen molar-refractivity contribution in [2.24, 2.45) is 0 Å². The van der Waals surface area contributed by atoms with Crippen molar-refractivity contribution in [3.63, 3.8) is 0 Å². The first kappa shape index (κ1) is 26.5. The number of aryl methyl sites for hydroxylation is 2. The van der Waals surface area contributed by atoms with Crippen molar-refractivity contribution in [1.29, 1.82) is 0 Å². The topological polar surface area (TPSA) is 87.7 Å². The molecule has 7 heteroatoms. The van der Waals surface area contributed by atoms with Gasteiger partial charge in [0.15, 0.2) is 0 Å². The first-order valence-corrected chi connectivity index (χ1v) is 11.1. The number of carbonyl (C=O) groups is 3. The Labute approximate surface area is 186 Å². The molecule has 0 saturated carbocycles. The summed E-state index contributed by atoms with van der Waals surface area (Å²) in [4.78, 5) is 39.9. The molecule has 1 atom stereocenters. The molecule has 0 radical (unpaired) electrons. The molecule has 0 heterocycles. The number of alkyl carbamates (subject to hydrolysis) is 1. The highest BCUT2D eigenvalue weighted by Crippen LogP contribution is 2.26. The van der Waals surface area contributed by atoms with Gasteiger partial charge < -0.3 is 20.3 Å². The van der Waals surface area contributed by atoms with Gasteiger partial charge in [-0.05, 0) is 58.6 Å². The molecular formula is C24H39N3O4. The van der Waals surface area contributed by atoms with E-state index in [2.05, 4.69) is 17.6 Å². The fourth-order valence-corrected chi connectivity index (χ4v) is 3.19. The van der Waals surface area contributed by atoms with Gasteiger partial charge in [-0.2, -0.15) is 0 Å². The molecule has 0 aliphatic carbocycles. The van der Waals surface area contributed by atoms with Gasteiger partial charge in [0.25, 0.3) is 0 Å². The number of benzene rings is 1. The van der Waals surface area contributed by atoms with E-state index in [0.717, 1.165) is 29.5 Å².